The Morgan fingerprint density at radius 2 is 1.94 bits per heavy atom. The molecule has 0 bridgehead atoms. The van der Waals surface area contributed by atoms with Gasteiger partial charge in [0.05, 0.1) is 16.3 Å². The quantitative estimate of drug-likeness (QED) is 0.838. The fraction of sp³-hybridized carbons (Fsp3) is 0.0833. The number of benzene rings is 1. The molecule has 2 N–H and O–H groups in total. The summed E-state index contributed by atoms with van der Waals surface area (Å²) < 4.78 is 24.1. The van der Waals surface area contributed by atoms with E-state index in [1.165, 1.54) is 12.1 Å². The third-order valence-electron chi connectivity index (χ3n) is 2.28. The first-order valence-corrected chi connectivity index (χ1v) is 6.71. The van der Waals surface area contributed by atoms with Crippen LogP contribution >= 0.6 is 0 Å². The monoisotopic (exact) mass is 248 g/mol. The number of rotatable bonds is 3. The van der Waals surface area contributed by atoms with Crippen LogP contribution in [0.25, 0.3) is 0 Å². The van der Waals surface area contributed by atoms with Gasteiger partial charge in [0, 0.05) is 11.9 Å². The van der Waals surface area contributed by atoms with Crippen molar-refractivity contribution in [3.8, 4) is 0 Å². The molecular weight excluding hydrogens is 236 g/mol. The fourth-order valence-electron chi connectivity index (χ4n) is 1.47. The van der Waals surface area contributed by atoms with E-state index in [1.54, 1.807) is 36.5 Å². The van der Waals surface area contributed by atoms with Crippen LogP contribution in [-0.2, 0) is 15.6 Å². The molecule has 0 unspecified atom stereocenters. The van der Waals surface area contributed by atoms with E-state index in [4.69, 9.17) is 5.73 Å². The molecule has 17 heavy (non-hydrogen) atoms. The van der Waals surface area contributed by atoms with Gasteiger partial charge in [-0.25, -0.2) is 8.42 Å². The highest BCUT2D eigenvalue weighted by Crippen LogP contribution is 2.17. The van der Waals surface area contributed by atoms with E-state index in [0.717, 1.165) is 0 Å². The van der Waals surface area contributed by atoms with E-state index in [-0.39, 0.29) is 10.6 Å². The lowest BCUT2D eigenvalue weighted by Crippen LogP contribution is -2.06. The number of nitrogens with zero attached hydrogens (tertiary/aromatic N) is 1. The van der Waals surface area contributed by atoms with Crippen molar-refractivity contribution in [2.75, 3.05) is 5.73 Å². The van der Waals surface area contributed by atoms with Crippen molar-refractivity contribution < 1.29 is 8.42 Å². The molecule has 1 aromatic carbocycles. The van der Waals surface area contributed by atoms with Crippen LogP contribution in [-0.4, -0.2) is 13.4 Å². The summed E-state index contributed by atoms with van der Waals surface area (Å²) in [5.41, 5.74) is 6.53. The molecule has 5 heteroatoms. The van der Waals surface area contributed by atoms with Gasteiger partial charge < -0.3 is 5.73 Å². The molecule has 0 aliphatic rings. The van der Waals surface area contributed by atoms with Gasteiger partial charge in [0.2, 0.25) is 0 Å². The van der Waals surface area contributed by atoms with Gasteiger partial charge in [0.1, 0.15) is 0 Å². The van der Waals surface area contributed by atoms with E-state index in [9.17, 15) is 8.42 Å². The third-order valence-corrected chi connectivity index (χ3v) is 3.93. The summed E-state index contributed by atoms with van der Waals surface area (Å²) in [6.45, 7) is 0. The van der Waals surface area contributed by atoms with Crippen molar-refractivity contribution in [1.82, 2.24) is 4.98 Å². The average Bonchev–Trinajstić information content (AvgIpc) is 2.30. The SMILES string of the molecule is Nc1cccc(S(=O)(=O)Cc2ccccn2)c1. The summed E-state index contributed by atoms with van der Waals surface area (Å²) in [4.78, 5) is 4.23. The minimum absolute atomic E-state index is 0.114. The zero-order valence-electron chi connectivity index (χ0n) is 9.08. The topological polar surface area (TPSA) is 73.1 Å². The summed E-state index contributed by atoms with van der Waals surface area (Å²) >= 11 is 0. The largest absolute Gasteiger partial charge is 0.399 e. The second-order valence-corrected chi connectivity index (χ2v) is 5.64. The lowest BCUT2D eigenvalue weighted by molar-refractivity contribution is 0.594. The van der Waals surface area contributed by atoms with E-state index in [2.05, 4.69) is 4.98 Å². The fourth-order valence-corrected chi connectivity index (χ4v) is 2.80. The highest BCUT2D eigenvalue weighted by molar-refractivity contribution is 7.90. The maximum Gasteiger partial charge on any atom is 0.184 e. The molecule has 0 amide bonds. The Bertz CT molecular complexity index is 609. The summed E-state index contributed by atoms with van der Waals surface area (Å²) in [6.07, 6.45) is 1.57. The van der Waals surface area contributed by atoms with Crippen molar-refractivity contribution in [2.45, 2.75) is 10.6 Å². The molecule has 1 heterocycles. The maximum atomic E-state index is 12.1. The number of aromatic nitrogens is 1. The Balaban J connectivity index is 2.32. The van der Waals surface area contributed by atoms with Gasteiger partial charge in [0.25, 0.3) is 0 Å². The molecule has 0 spiro atoms. The lowest BCUT2D eigenvalue weighted by Gasteiger charge is -2.04. The second-order valence-electron chi connectivity index (χ2n) is 3.65. The number of anilines is 1. The summed E-state index contributed by atoms with van der Waals surface area (Å²) in [5, 5.41) is 0. The standard InChI is InChI=1S/C12H12N2O2S/c13-10-4-3-6-12(8-10)17(15,16)9-11-5-1-2-7-14-11/h1-8H,9,13H2. The van der Waals surface area contributed by atoms with Gasteiger partial charge in [-0.15, -0.1) is 0 Å². The molecule has 1 aromatic heterocycles. The Labute approximate surface area is 100 Å². The number of hydrogen-bond acceptors (Lipinski definition) is 4. The molecular formula is C12H12N2O2S. The van der Waals surface area contributed by atoms with Crippen LogP contribution in [0.1, 0.15) is 5.69 Å². The van der Waals surface area contributed by atoms with Gasteiger partial charge in [0.15, 0.2) is 9.84 Å². The first-order valence-electron chi connectivity index (χ1n) is 5.06. The zero-order chi connectivity index (χ0) is 12.3. The lowest BCUT2D eigenvalue weighted by atomic mass is 10.3. The number of sulfone groups is 1. The molecule has 0 aliphatic carbocycles. The molecule has 4 nitrogen and oxygen atoms in total. The molecule has 88 valence electrons. The van der Waals surface area contributed by atoms with E-state index in [0.29, 0.717) is 11.4 Å². The number of pyridine rings is 1. The highest BCUT2D eigenvalue weighted by atomic mass is 32.2. The number of nitrogens with two attached hydrogens (primary N) is 1. The molecule has 0 saturated heterocycles. The second kappa shape index (κ2) is 4.55. The van der Waals surface area contributed by atoms with Gasteiger partial charge in [-0.3, -0.25) is 4.98 Å². The Kier molecular flexibility index (Phi) is 3.10. The molecule has 0 atom stereocenters. The molecule has 2 rings (SSSR count). The molecule has 2 aromatic rings. The number of hydrogen-bond donors (Lipinski definition) is 1. The van der Waals surface area contributed by atoms with Crippen LogP contribution in [0.5, 0.6) is 0 Å². The normalized spacial score (nSPS) is 11.3. The van der Waals surface area contributed by atoms with E-state index in [1.807, 2.05) is 0 Å². The first kappa shape index (κ1) is 11.6. The Morgan fingerprint density at radius 1 is 1.12 bits per heavy atom. The minimum atomic E-state index is -3.38. The summed E-state index contributed by atoms with van der Waals surface area (Å²) in [5.74, 6) is -0.114. The van der Waals surface area contributed by atoms with Gasteiger partial charge in [-0.05, 0) is 30.3 Å². The van der Waals surface area contributed by atoms with Crippen molar-refractivity contribution in [2.24, 2.45) is 0 Å². The minimum Gasteiger partial charge on any atom is -0.399 e. The molecule has 0 saturated carbocycles. The summed E-state index contributed by atoms with van der Waals surface area (Å²) in [6, 6.07) is 11.5. The van der Waals surface area contributed by atoms with Crippen LogP contribution in [0, 0.1) is 0 Å². The predicted molar refractivity (Wildman–Crippen MR) is 66.0 cm³/mol. The van der Waals surface area contributed by atoms with Crippen molar-refractivity contribution in [3.05, 3.63) is 54.4 Å². The van der Waals surface area contributed by atoms with E-state index >= 15 is 0 Å². The number of nitrogen functional groups attached to an aromatic ring is 1. The summed E-state index contributed by atoms with van der Waals surface area (Å²) in [7, 11) is -3.38. The van der Waals surface area contributed by atoms with Gasteiger partial charge in [-0.2, -0.15) is 0 Å². The molecule has 0 aliphatic heterocycles. The van der Waals surface area contributed by atoms with Crippen LogP contribution in [0.2, 0.25) is 0 Å². The predicted octanol–water partition coefficient (Wildman–Crippen LogP) is 1.64. The van der Waals surface area contributed by atoms with Crippen molar-refractivity contribution in [1.29, 1.82) is 0 Å². The third kappa shape index (κ3) is 2.82. The Morgan fingerprint density at radius 3 is 2.59 bits per heavy atom. The van der Waals surface area contributed by atoms with Gasteiger partial charge >= 0.3 is 0 Å². The van der Waals surface area contributed by atoms with Crippen LogP contribution in [0.15, 0.2) is 53.6 Å². The first-order chi connectivity index (χ1) is 8.08. The van der Waals surface area contributed by atoms with Crippen LogP contribution in [0.4, 0.5) is 5.69 Å². The van der Waals surface area contributed by atoms with Crippen LogP contribution < -0.4 is 5.73 Å². The van der Waals surface area contributed by atoms with Crippen molar-refractivity contribution in [3.63, 3.8) is 0 Å². The maximum absolute atomic E-state index is 12.1. The van der Waals surface area contributed by atoms with Crippen molar-refractivity contribution >= 4 is 15.5 Å². The van der Waals surface area contributed by atoms with Crippen LogP contribution in [0.3, 0.4) is 0 Å². The molecule has 0 fully saturated rings. The zero-order valence-corrected chi connectivity index (χ0v) is 9.89. The van der Waals surface area contributed by atoms with Gasteiger partial charge in [-0.1, -0.05) is 12.1 Å². The molecule has 0 radical (unpaired) electrons. The smallest absolute Gasteiger partial charge is 0.184 e. The highest BCUT2D eigenvalue weighted by Gasteiger charge is 2.15. The average molecular weight is 248 g/mol. The van der Waals surface area contributed by atoms with E-state index < -0.39 is 9.84 Å². The Hall–Kier alpha value is -1.88.